The smallest absolute Gasteiger partial charge is 0.344 e. The monoisotopic (exact) mass is 343 g/mol. The number of benzene rings is 2. The molecule has 0 bridgehead atoms. The number of hydrogen-bond donors (Lipinski definition) is 1. The Labute approximate surface area is 143 Å². The van der Waals surface area contributed by atoms with Gasteiger partial charge in [0, 0.05) is 27.7 Å². The van der Waals surface area contributed by atoms with E-state index in [1.165, 1.54) is 0 Å². The zero-order valence-electron chi connectivity index (χ0n) is 12.6. The summed E-state index contributed by atoms with van der Waals surface area (Å²) in [7, 11) is 0. The fourth-order valence-electron chi connectivity index (χ4n) is 2.24. The van der Waals surface area contributed by atoms with Crippen LogP contribution in [0.15, 0.2) is 54.7 Å². The molecule has 2 aromatic carbocycles. The molecule has 24 heavy (non-hydrogen) atoms. The molecule has 5 nitrogen and oxygen atoms in total. The van der Waals surface area contributed by atoms with Crippen molar-refractivity contribution in [2.45, 2.75) is 0 Å². The number of H-pyrrole nitrogens is 1. The first kappa shape index (κ1) is 16.1. The standard InChI is InChI=1S/C18H14ClNO4/c19-12-5-7-13(8-6-12)23-11-18(22)24-10-17(21)15-9-20-16-4-2-1-3-14(15)16/h1-9,20H,10-11H2. The molecule has 0 amide bonds. The van der Waals surface area contributed by atoms with E-state index < -0.39 is 5.97 Å². The minimum atomic E-state index is -0.613. The molecule has 0 saturated heterocycles. The van der Waals surface area contributed by atoms with Gasteiger partial charge < -0.3 is 14.5 Å². The number of carbonyl (C=O) groups excluding carboxylic acids is 2. The molecule has 0 spiro atoms. The molecule has 0 radical (unpaired) electrons. The first-order valence-electron chi connectivity index (χ1n) is 7.27. The molecule has 0 saturated carbocycles. The van der Waals surface area contributed by atoms with Gasteiger partial charge in [-0.25, -0.2) is 4.79 Å². The minimum absolute atomic E-state index is 0.271. The molecule has 0 aliphatic rings. The van der Waals surface area contributed by atoms with Crippen molar-refractivity contribution in [3.8, 4) is 5.75 Å². The Kier molecular flexibility index (Phi) is 4.82. The van der Waals surface area contributed by atoms with E-state index in [-0.39, 0.29) is 19.0 Å². The molecule has 3 rings (SSSR count). The summed E-state index contributed by atoms with van der Waals surface area (Å²) in [5.41, 5.74) is 1.36. The van der Waals surface area contributed by atoms with Crippen molar-refractivity contribution < 1.29 is 19.1 Å². The molecule has 0 atom stereocenters. The van der Waals surface area contributed by atoms with E-state index in [0.29, 0.717) is 16.3 Å². The summed E-state index contributed by atoms with van der Waals surface area (Å²) < 4.78 is 10.2. The fourth-order valence-corrected chi connectivity index (χ4v) is 2.37. The minimum Gasteiger partial charge on any atom is -0.482 e. The predicted molar refractivity (Wildman–Crippen MR) is 90.5 cm³/mol. The van der Waals surface area contributed by atoms with Crippen LogP contribution in [0.1, 0.15) is 10.4 Å². The molecule has 0 unspecified atom stereocenters. The highest BCUT2D eigenvalue weighted by atomic mass is 35.5. The van der Waals surface area contributed by atoms with E-state index in [1.807, 2.05) is 24.3 Å². The van der Waals surface area contributed by atoms with Crippen LogP contribution in [0.25, 0.3) is 10.9 Å². The molecule has 6 heteroatoms. The Hall–Kier alpha value is -2.79. The number of halogens is 1. The molecule has 0 fully saturated rings. The topological polar surface area (TPSA) is 68.4 Å². The van der Waals surface area contributed by atoms with Crippen molar-refractivity contribution in [3.63, 3.8) is 0 Å². The van der Waals surface area contributed by atoms with E-state index in [4.69, 9.17) is 21.1 Å². The molecule has 1 heterocycles. The molecule has 0 aliphatic carbocycles. The molecular formula is C18H14ClNO4. The number of ether oxygens (including phenoxy) is 2. The first-order valence-corrected chi connectivity index (χ1v) is 7.64. The number of aromatic amines is 1. The number of carbonyl (C=O) groups is 2. The highest BCUT2D eigenvalue weighted by molar-refractivity contribution is 6.30. The maximum Gasteiger partial charge on any atom is 0.344 e. The zero-order valence-corrected chi connectivity index (χ0v) is 13.4. The van der Waals surface area contributed by atoms with Crippen molar-refractivity contribution in [1.82, 2.24) is 4.98 Å². The third-order valence-corrected chi connectivity index (χ3v) is 3.68. The van der Waals surface area contributed by atoms with Gasteiger partial charge in [0.25, 0.3) is 0 Å². The Morgan fingerprint density at radius 1 is 1.00 bits per heavy atom. The van der Waals surface area contributed by atoms with Crippen LogP contribution < -0.4 is 4.74 Å². The van der Waals surface area contributed by atoms with Crippen LogP contribution in [0.5, 0.6) is 5.75 Å². The van der Waals surface area contributed by atoms with Gasteiger partial charge in [0.15, 0.2) is 13.2 Å². The number of aromatic nitrogens is 1. The Bertz CT molecular complexity index is 870. The summed E-state index contributed by atoms with van der Waals surface area (Å²) in [5.74, 6) is -0.385. The number of ketones is 1. The van der Waals surface area contributed by atoms with Crippen LogP contribution in [0, 0.1) is 0 Å². The number of esters is 1. The fraction of sp³-hybridized carbons (Fsp3) is 0.111. The van der Waals surface area contributed by atoms with Gasteiger partial charge in [0.05, 0.1) is 0 Å². The lowest BCUT2D eigenvalue weighted by molar-refractivity contribution is -0.144. The van der Waals surface area contributed by atoms with Crippen molar-refractivity contribution in [3.05, 3.63) is 65.3 Å². The van der Waals surface area contributed by atoms with Gasteiger partial charge in [-0.1, -0.05) is 29.8 Å². The zero-order chi connectivity index (χ0) is 16.9. The highest BCUT2D eigenvalue weighted by Crippen LogP contribution is 2.18. The summed E-state index contributed by atoms with van der Waals surface area (Å²) in [5, 5.41) is 1.38. The summed E-state index contributed by atoms with van der Waals surface area (Å²) in [4.78, 5) is 26.9. The molecular weight excluding hydrogens is 330 g/mol. The molecule has 3 aromatic rings. The second-order valence-corrected chi connectivity index (χ2v) is 5.51. The highest BCUT2D eigenvalue weighted by Gasteiger charge is 2.14. The maximum absolute atomic E-state index is 12.2. The van der Waals surface area contributed by atoms with Gasteiger partial charge in [-0.15, -0.1) is 0 Å². The average molecular weight is 344 g/mol. The number of nitrogens with one attached hydrogen (secondary N) is 1. The lowest BCUT2D eigenvalue weighted by Gasteiger charge is -2.06. The number of Topliss-reactive ketones (excluding diaryl/α,β-unsaturated/α-hetero) is 1. The summed E-state index contributed by atoms with van der Waals surface area (Å²) in [6.45, 7) is -0.604. The maximum atomic E-state index is 12.2. The van der Waals surface area contributed by atoms with E-state index >= 15 is 0 Å². The van der Waals surface area contributed by atoms with Gasteiger partial charge in [-0.05, 0) is 30.3 Å². The molecule has 0 aliphatic heterocycles. The Morgan fingerprint density at radius 3 is 2.54 bits per heavy atom. The quantitative estimate of drug-likeness (QED) is 0.548. The van der Waals surface area contributed by atoms with E-state index in [0.717, 1.165) is 10.9 Å². The van der Waals surface area contributed by atoms with Crippen molar-refractivity contribution >= 4 is 34.3 Å². The van der Waals surface area contributed by atoms with E-state index in [1.54, 1.807) is 30.5 Å². The van der Waals surface area contributed by atoms with Crippen molar-refractivity contribution in [1.29, 1.82) is 0 Å². The summed E-state index contributed by atoms with van der Waals surface area (Å²) >= 11 is 5.76. The normalized spacial score (nSPS) is 10.5. The van der Waals surface area contributed by atoms with E-state index in [9.17, 15) is 9.59 Å². The van der Waals surface area contributed by atoms with Crippen LogP contribution in [0.4, 0.5) is 0 Å². The molecule has 1 aromatic heterocycles. The lowest BCUT2D eigenvalue weighted by atomic mass is 10.1. The van der Waals surface area contributed by atoms with Crippen LogP contribution >= 0.6 is 11.6 Å². The third-order valence-electron chi connectivity index (χ3n) is 3.42. The second kappa shape index (κ2) is 7.19. The number of para-hydroxylation sites is 1. The van der Waals surface area contributed by atoms with Gasteiger partial charge in [-0.3, -0.25) is 4.79 Å². The number of fused-ring (bicyclic) bond motifs is 1. The largest absolute Gasteiger partial charge is 0.482 e. The number of rotatable bonds is 6. The summed E-state index contributed by atoms with van der Waals surface area (Å²) in [6.07, 6.45) is 1.62. The second-order valence-electron chi connectivity index (χ2n) is 5.07. The first-order chi connectivity index (χ1) is 11.6. The van der Waals surface area contributed by atoms with Crippen LogP contribution in [0.3, 0.4) is 0 Å². The van der Waals surface area contributed by atoms with Gasteiger partial charge in [-0.2, -0.15) is 0 Å². The summed E-state index contributed by atoms with van der Waals surface area (Å²) in [6, 6.07) is 14.0. The third kappa shape index (κ3) is 3.75. The van der Waals surface area contributed by atoms with E-state index in [2.05, 4.69) is 4.98 Å². The Morgan fingerprint density at radius 2 is 1.75 bits per heavy atom. The van der Waals surface area contributed by atoms with Crippen LogP contribution in [-0.4, -0.2) is 30.0 Å². The Balaban J connectivity index is 1.52. The van der Waals surface area contributed by atoms with Crippen molar-refractivity contribution in [2.24, 2.45) is 0 Å². The molecule has 122 valence electrons. The van der Waals surface area contributed by atoms with Gasteiger partial charge in [0.2, 0.25) is 5.78 Å². The lowest BCUT2D eigenvalue weighted by Crippen LogP contribution is -2.19. The molecule has 1 N–H and O–H groups in total. The number of hydrogen-bond acceptors (Lipinski definition) is 4. The van der Waals surface area contributed by atoms with Crippen LogP contribution in [-0.2, 0) is 9.53 Å². The van der Waals surface area contributed by atoms with Gasteiger partial charge >= 0.3 is 5.97 Å². The predicted octanol–water partition coefficient (Wildman–Crippen LogP) is 3.63. The average Bonchev–Trinajstić information content (AvgIpc) is 3.03. The van der Waals surface area contributed by atoms with Crippen molar-refractivity contribution in [2.75, 3.05) is 13.2 Å². The SMILES string of the molecule is O=C(COc1ccc(Cl)cc1)OCC(=O)c1c[nH]c2ccccc12. The van der Waals surface area contributed by atoms with Crippen LogP contribution in [0.2, 0.25) is 5.02 Å². The van der Waals surface area contributed by atoms with Gasteiger partial charge in [0.1, 0.15) is 5.75 Å².